The first-order chi connectivity index (χ1) is 21.8. The Balaban J connectivity index is 1.05. The van der Waals surface area contributed by atoms with Crippen molar-refractivity contribution in [1.82, 2.24) is 14.7 Å². The summed E-state index contributed by atoms with van der Waals surface area (Å²) in [5.74, 6) is 2.19. The number of rotatable bonds is 11. The number of aromatic nitrogens is 2. The number of nitrogens with one attached hydrogen (secondary N) is 3. The Labute approximate surface area is 266 Å². The van der Waals surface area contributed by atoms with Crippen molar-refractivity contribution < 1.29 is 8.42 Å². The Bertz CT molecular complexity index is 1880. The monoisotopic (exact) mass is 622 g/mol. The zero-order valence-corrected chi connectivity index (χ0v) is 27.1. The van der Waals surface area contributed by atoms with E-state index in [0.29, 0.717) is 29.2 Å². The number of benzene rings is 4. The molecule has 0 amide bonds. The van der Waals surface area contributed by atoms with Crippen LogP contribution in [0.5, 0.6) is 0 Å². The average Bonchev–Trinajstić information content (AvgIpc) is 3.06. The van der Waals surface area contributed by atoms with Crippen molar-refractivity contribution in [3.05, 3.63) is 90.5 Å². The number of nitrogens with zero attached hydrogens (tertiary/aromatic N) is 3. The minimum Gasteiger partial charge on any atom is -0.377 e. The number of aryl methyl sites for hydroxylation is 1. The molecule has 0 atom stereocenters. The molecule has 0 aliphatic heterocycles. The summed E-state index contributed by atoms with van der Waals surface area (Å²) in [4.78, 5) is 12.0. The molecule has 45 heavy (non-hydrogen) atoms. The first kappa shape index (κ1) is 30.8. The number of fused-ring (bicyclic) bond motifs is 2. The molecule has 1 heterocycles. The lowest BCUT2D eigenvalue weighted by atomic mass is 9.82. The molecular weight excluding hydrogens is 581 g/mol. The Hall–Kier alpha value is -4.21. The second-order valence-electron chi connectivity index (χ2n) is 12.2. The predicted molar refractivity (Wildman–Crippen MR) is 186 cm³/mol. The molecule has 0 radical (unpaired) electrons. The predicted octanol–water partition coefficient (Wildman–Crippen LogP) is 7.35. The molecule has 1 aliphatic carbocycles. The summed E-state index contributed by atoms with van der Waals surface area (Å²) in [5, 5.41) is 9.64. The second kappa shape index (κ2) is 13.4. The normalized spacial score (nSPS) is 17.0. The summed E-state index contributed by atoms with van der Waals surface area (Å²) >= 11 is 0. The van der Waals surface area contributed by atoms with Gasteiger partial charge in [-0.15, -0.1) is 0 Å². The number of hydrogen-bond donors (Lipinski definition) is 3. The average molecular weight is 623 g/mol. The van der Waals surface area contributed by atoms with Gasteiger partial charge in [0.25, 0.3) is 0 Å². The third-order valence-corrected chi connectivity index (χ3v) is 10.4. The molecule has 1 fully saturated rings. The fourth-order valence-corrected chi connectivity index (χ4v) is 7.62. The SMILES string of the molecule is CCc1ccc(Nc2nc(NC[C@H]3CC[C@H](CNS(=O)(=O)c4cccc5c(N(C)C)cccc45)CC3)nc3ccccc23)cc1. The van der Waals surface area contributed by atoms with Crippen LogP contribution in [-0.2, 0) is 16.4 Å². The van der Waals surface area contributed by atoms with Crippen molar-refractivity contribution in [3.63, 3.8) is 0 Å². The maximum absolute atomic E-state index is 13.4. The summed E-state index contributed by atoms with van der Waals surface area (Å²) < 4.78 is 29.7. The van der Waals surface area contributed by atoms with Gasteiger partial charge in [0.2, 0.25) is 16.0 Å². The Morgan fingerprint density at radius 1 is 0.756 bits per heavy atom. The van der Waals surface area contributed by atoms with Crippen molar-refractivity contribution in [2.75, 3.05) is 42.7 Å². The van der Waals surface area contributed by atoms with Gasteiger partial charge in [0.1, 0.15) is 5.82 Å². The van der Waals surface area contributed by atoms with Crippen LogP contribution in [-0.4, -0.2) is 45.6 Å². The first-order valence-corrected chi connectivity index (χ1v) is 17.3. The molecule has 0 saturated heterocycles. The molecule has 0 unspecified atom stereocenters. The van der Waals surface area contributed by atoms with E-state index in [0.717, 1.165) is 77.5 Å². The fourth-order valence-electron chi connectivity index (χ4n) is 6.28. The van der Waals surface area contributed by atoms with E-state index in [2.05, 4.69) is 46.5 Å². The minimum absolute atomic E-state index is 0.315. The Morgan fingerprint density at radius 2 is 1.42 bits per heavy atom. The van der Waals surface area contributed by atoms with Gasteiger partial charge >= 0.3 is 0 Å². The first-order valence-electron chi connectivity index (χ1n) is 15.9. The molecule has 9 heteroatoms. The highest BCUT2D eigenvalue weighted by Crippen LogP contribution is 2.32. The van der Waals surface area contributed by atoms with Crippen LogP contribution in [0.2, 0.25) is 0 Å². The topological polar surface area (TPSA) is 99.2 Å². The van der Waals surface area contributed by atoms with Crippen LogP contribution in [0.4, 0.5) is 23.1 Å². The van der Waals surface area contributed by atoms with E-state index in [1.54, 1.807) is 6.07 Å². The summed E-state index contributed by atoms with van der Waals surface area (Å²) in [7, 11) is 0.298. The van der Waals surface area contributed by atoms with Crippen LogP contribution in [0, 0.1) is 11.8 Å². The van der Waals surface area contributed by atoms with Crippen molar-refractivity contribution in [2.45, 2.75) is 43.9 Å². The second-order valence-corrected chi connectivity index (χ2v) is 14.0. The molecule has 3 N–H and O–H groups in total. The van der Waals surface area contributed by atoms with Crippen LogP contribution in [0.1, 0.15) is 38.2 Å². The van der Waals surface area contributed by atoms with Gasteiger partial charge in [-0.05, 0) is 85.9 Å². The molecule has 234 valence electrons. The van der Waals surface area contributed by atoms with E-state index in [1.165, 1.54) is 5.56 Å². The van der Waals surface area contributed by atoms with E-state index in [-0.39, 0.29) is 0 Å². The fraction of sp³-hybridized carbons (Fsp3) is 0.333. The smallest absolute Gasteiger partial charge is 0.241 e. The maximum atomic E-state index is 13.4. The number of sulfonamides is 1. The van der Waals surface area contributed by atoms with E-state index >= 15 is 0 Å². The summed E-state index contributed by atoms with van der Waals surface area (Å²) in [6.07, 6.45) is 5.03. The van der Waals surface area contributed by atoms with E-state index < -0.39 is 10.0 Å². The minimum atomic E-state index is -3.64. The van der Waals surface area contributed by atoms with Crippen LogP contribution >= 0.6 is 0 Å². The third-order valence-electron chi connectivity index (χ3n) is 8.94. The van der Waals surface area contributed by atoms with Crippen LogP contribution in [0.25, 0.3) is 21.7 Å². The lowest BCUT2D eigenvalue weighted by molar-refractivity contribution is 0.284. The Morgan fingerprint density at radius 3 is 2.16 bits per heavy atom. The van der Waals surface area contributed by atoms with Crippen molar-refractivity contribution >= 4 is 54.8 Å². The van der Waals surface area contributed by atoms with Gasteiger partial charge in [0.15, 0.2) is 0 Å². The summed E-state index contributed by atoms with van der Waals surface area (Å²) in [6, 6.07) is 27.8. The molecular formula is C36H42N6O2S. The van der Waals surface area contributed by atoms with Gasteiger partial charge in [0.05, 0.1) is 10.4 Å². The number of anilines is 4. The van der Waals surface area contributed by atoms with Gasteiger partial charge in [-0.2, -0.15) is 4.98 Å². The zero-order valence-electron chi connectivity index (χ0n) is 26.3. The van der Waals surface area contributed by atoms with Crippen molar-refractivity contribution in [3.8, 4) is 0 Å². The van der Waals surface area contributed by atoms with Crippen LogP contribution in [0.15, 0.2) is 89.8 Å². The highest BCUT2D eigenvalue weighted by atomic mass is 32.2. The third kappa shape index (κ3) is 7.05. The zero-order chi connectivity index (χ0) is 31.4. The van der Waals surface area contributed by atoms with Crippen molar-refractivity contribution in [2.24, 2.45) is 11.8 Å². The van der Waals surface area contributed by atoms with Gasteiger partial charge in [0, 0.05) is 54.7 Å². The van der Waals surface area contributed by atoms with Gasteiger partial charge in [-0.3, -0.25) is 0 Å². The van der Waals surface area contributed by atoms with Gasteiger partial charge < -0.3 is 15.5 Å². The molecule has 1 aromatic heterocycles. The highest BCUT2D eigenvalue weighted by molar-refractivity contribution is 7.89. The van der Waals surface area contributed by atoms with Gasteiger partial charge in [-0.25, -0.2) is 18.1 Å². The lowest BCUT2D eigenvalue weighted by Crippen LogP contribution is -2.32. The van der Waals surface area contributed by atoms with E-state index in [9.17, 15) is 8.42 Å². The lowest BCUT2D eigenvalue weighted by Gasteiger charge is -2.29. The van der Waals surface area contributed by atoms with Gasteiger partial charge in [-0.1, -0.05) is 55.5 Å². The Kier molecular flexibility index (Phi) is 9.19. The molecule has 1 aliphatic rings. The van der Waals surface area contributed by atoms with Crippen LogP contribution < -0.4 is 20.3 Å². The quantitative estimate of drug-likeness (QED) is 0.142. The standard InChI is InChI=1S/C36H42N6O2S/c1-4-25-19-21-28(22-20-25)39-35-31-9-5-6-12-32(31)40-36(41-35)37-23-26-15-17-27(18-16-26)24-38-45(43,44)34-14-8-10-29-30(34)11-7-13-33(29)42(2)3/h5-14,19-22,26-27,38H,4,15-18,23-24H2,1-3H3,(H2,37,39,40,41)/t26-,27-. The summed E-state index contributed by atoms with van der Waals surface area (Å²) in [5.41, 5.74) is 4.18. The molecule has 0 spiro atoms. The molecule has 1 saturated carbocycles. The molecule has 5 aromatic rings. The number of para-hydroxylation sites is 1. The number of hydrogen-bond acceptors (Lipinski definition) is 7. The molecule has 4 aromatic carbocycles. The largest absolute Gasteiger partial charge is 0.377 e. The molecule has 8 nitrogen and oxygen atoms in total. The maximum Gasteiger partial charge on any atom is 0.241 e. The molecule has 0 bridgehead atoms. The van der Waals surface area contributed by atoms with E-state index in [1.807, 2.05) is 73.6 Å². The molecule has 6 rings (SSSR count). The highest BCUT2D eigenvalue weighted by Gasteiger charge is 2.25. The van der Waals surface area contributed by atoms with Crippen molar-refractivity contribution in [1.29, 1.82) is 0 Å². The van der Waals surface area contributed by atoms with Crippen LogP contribution in [0.3, 0.4) is 0 Å². The van der Waals surface area contributed by atoms with E-state index in [4.69, 9.17) is 9.97 Å². The summed E-state index contributed by atoms with van der Waals surface area (Å²) in [6.45, 7) is 3.39.